The highest BCUT2D eigenvalue weighted by Crippen LogP contribution is 2.21. The van der Waals surface area contributed by atoms with Gasteiger partial charge in [0.2, 0.25) is 5.91 Å². The number of nitrogens with zero attached hydrogens (tertiary/aromatic N) is 2. The zero-order chi connectivity index (χ0) is 13.9. The molecule has 3 rings (SSSR count). The predicted molar refractivity (Wildman–Crippen MR) is 78.5 cm³/mol. The molecule has 106 valence electrons. The van der Waals surface area contributed by atoms with E-state index in [1.807, 2.05) is 30.3 Å². The molecular formula is C15H20N4O. The molecule has 2 aromatic rings. The summed E-state index contributed by atoms with van der Waals surface area (Å²) in [6.45, 7) is 1.76. The Labute approximate surface area is 118 Å². The summed E-state index contributed by atoms with van der Waals surface area (Å²) in [7, 11) is 1.94. The zero-order valence-corrected chi connectivity index (χ0v) is 11.7. The number of pyridine rings is 1. The third-order valence-electron chi connectivity index (χ3n) is 4.02. The number of fused-ring (bicyclic) bond motifs is 1. The molecule has 1 atom stereocenters. The number of hydrogen-bond donors (Lipinski definition) is 2. The summed E-state index contributed by atoms with van der Waals surface area (Å²) in [5, 5.41) is 4.22. The van der Waals surface area contributed by atoms with Crippen molar-refractivity contribution < 1.29 is 4.79 Å². The molecule has 3 heterocycles. The van der Waals surface area contributed by atoms with Gasteiger partial charge in [-0.25, -0.2) is 4.98 Å². The van der Waals surface area contributed by atoms with E-state index in [1.165, 1.54) is 0 Å². The molecule has 2 N–H and O–H groups in total. The van der Waals surface area contributed by atoms with Crippen molar-refractivity contribution in [2.75, 3.05) is 20.1 Å². The van der Waals surface area contributed by atoms with Gasteiger partial charge in [-0.2, -0.15) is 0 Å². The smallest absolute Gasteiger partial charge is 0.227 e. The second kappa shape index (κ2) is 5.63. The molecule has 0 spiro atoms. The average Bonchev–Trinajstić information content (AvgIpc) is 3.07. The van der Waals surface area contributed by atoms with Gasteiger partial charge in [-0.1, -0.05) is 0 Å². The van der Waals surface area contributed by atoms with Crippen LogP contribution in [0.5, 0.6) is 0 Å². The van der Waals surface area contributed by atoms with Crippen LogP contribution in [0.25, 0.3) is 11.0 Å². The molecule has 1 aliphatic heterocycles. The summed E-state index contributed by atoms with van der Waals surface area (Å²) in [6.07, 6.45) is 6.31. The van der Waals surface area contributed by atoms with Crippen LogP contribution in [-0.4, -0.2) is 47.0 Å². The van der Waals surface area contributed by atoms with Gasteiger partial charge < -0.3 is 15.2 Å². The Morgan fingerprint density at radius 2 is 2.50 bits per heavy atom. The average molecular weight is 272 g/mol. The van der Waals surface area contributed by atoms with Crippen LogP contribution in [0.4, 0.5) is 0 Å². The minimum absolute atomic E-state index is 0.215. The van der Waals surface area contributed by atoms with E-state index in [2.05, 4.69) is 15.3 Å². The zero-order valence-electron chi connectivity index (χ0n) is 11.7. The maximum Gasteiger partial charge on any atom is 0.227 e. The first-order valence-electron chi connectivity index (χ1n) is 7.14. The number of rotatable bonds is 4. The largest absolute Gasteiger partial charge is 0.346 e. The van der Waals surface area contributed by atoms with Gasteiger partial charge in [0, 0.05) is 36.9 Å². The van der Waals surface area contributed by atoms with Crippen LogP contribution in [0.2, 0.25) is 0 Å². The van der Waals surface area contributed by atoms with Crippen molar-refractivity contribution in [2.45, 2.75) is 25.3 Å². The Morgan fingerprint density at radius 3 is 3.35 bits per heavy atom. The number of H-pyrrole nitrogens is 1. The molecule has 0 aliphatic carbocycles. The van der Waals surface area contributed by atoms with Crippen molar-refractivity contribution in [2.24, 2.45) is 0 Å². The standard InChI is InChI=1S/C15H20N4O/c1-16-10-12-4-3-7-19(12)14(20)8-11-9-18-15-13(11)5-2-6-17-15/h2,5-6,9,12,16H,3-4,7-8,10H2,1H3,(H,17,18). The van der Waals surface area contributed by atoms with E-state index >= 15 is 0 Å². The van der Waals surface area contributed by atoms with E-state index in [1.54, 1.807) is 6.20 Å². The molecule has 1 saturated heterocycles. The Kier molecular flexibility index (Phi) is 3.69. The van der Waals surface area contributed by atoms with Gasteiger partial charge in [-0.05, 0) is 37.6 Å². The maximum absolute atomic E-state index is 12.5. The fourth-order valence-electron chi connectivity index (χ4n) is 3.04. The highest BCUT2D eigenvalue weighted by atomic mass is 16.2. The number of nitrogens with one attached hydrogen (secondary N) is 2. The van der Waals surface area contributed by atoms with Gasteiger partial charge in [-0.15, -0.1) is 0 Å². The van der Waals surface area contributed by atoms with Crippen LogP contribution in [-0.2, 0) is 11.2 Å². The Balaban J connectivity index is 1.75. The third kappa shape index (κ3) is 2.41. The quantitative estimate of drug-likeness (QED) is 0.882. The minimum Gasteiger partial charge on any atom is -0.346 e. The first-order chi connectivity index (χ1) is 9.79. The van der Waals surface area contributed by atoms with Crippen LogP contribution < -0.4 is 5.32 Å². The van der Waals surface area contributed by atoms with E-state index in [4.69, 9.17) is 0 Å². The number of amides is 1. The summed E-state index contributed by atoms with van der Waals surface area (Å²) in [6, 6.07) is 4.26. The number of carbonyl (C=O) groups is 1. The summed E-state index contributed by atoms with van der Waals surface area (Å²) in [5.74, 6) is 0.215. The molecule has 0 saturated carbocycles. The van der Waals surface area contributed by atoms with Crippen LogP contribution in [0.1, 0.15) is 18.4 Å². The molecule has 5 heteroatoms. The van der Waals surface area contributed by atoms with Gasteiger partial charge in [0.05, 0.1) is 6.42 Å². The molecule has 0 radical (unpaired) electrons. The maximum atomic E-state index is 12.5. The van der Waals surface area contributed by atoms with Crippen molar-refractivity contribution >= 4 is 16.9 Å². The first kappa shape index (κ1) is 13.1. The van der Waals surface area contributed by atoms with Gasteiger partial charge in [0.25, 0.3) is 0 Å². The number of hydrogen-bond acceptors (Lipinski definition) is 3. The SMILES string of the molecule is CNCC1CCCN1C(=O)Cc1c[nH]c2ncccc12. The molecule has 0 bridgehead atoms. The lowest BCUT2D eigenvalue weighted by molar-refractivity contribution is -0.131. The fourth-order valence-corrected chi connectivity index (χ4v) is 3.04. The molecule has 1 unspecified atom stereocenters. The third-order valence-corrected chi connectivity index (χ3v) is 4.02. The van der Waals surface area contributed by atoms with E-state index in [-0.39, 0.29) is 5.91 Å². The number of aromatic nitrogens is 2. The summed E-state index contributed by atoms with van der Waals surface area (Å²) in [4.78, 5) is 21.9. The molecule has 1 aliphatic rings. The Bertz CT molecular complexity index is 607. The normalized spacial score (nSPS) is 18.9. The first-order valence-corrected chi connectivity index (χ1v) is 7.14. The predicted octanol–water partition coefficient (Wildman–Crippen LogP) is 1.32. The molecule has 2 aromatic heterocycles. The fraction of sp³-hybridized carbons (Fsp3) is 0.467. The number of likely N-dealkylation sites (tertiary alicyclic amines) is 1. The lowest BCUT2D eigenvalue weighted by atomic mass is 10.1. The molecule has 1 fully saturated rings. The van der Waals surface area contributed by atoms with Gasteiger partial charge in [0.15, 0.2) is 0 Å². The minimum atomic E-state index is 0.215. The topological polar surface area (TPSA) is 61.0 Å². The Morgan fingerprint density at radius 1 is 1.60 bits per heavy atom. The van der Waals surface area contributed by atoms with E-state index in [0.29, 0.717) is 12.5 Å². The van der Waals surface area contributed by atoms with Crippen molar-refractivity contribution in [1.82, 2.24) is 20.2 Å². The molecule has 0 aromatic carbocycles. The number of likely N-dealkylation sites (N-methyl/N-ethyl adjacent to an activating group) is 1. The lowest BCUT2D eigenvalue weighted by Crippen LogP contribution is -2.41. The molecule has 20 heavy (non-hydrogen) atoms. The van der Waals surface area contributed by atoms with Crippen molar-refractivity contribution in [3.63, 3.8) is 0 Å². The summed E-state index contributed by atoms with van der Waals surface area (Å²) < 4.78 is 0. The highest BCUT2D eigenvalue weighted by molar-refractivity contribution is 5.87. The van der Waals surface area contributed by atoms with Crippen LogP contribution in [0, 0.1) is 0 Å². The van der Waals surface area contributed by atoms with Crippen LogP contribution in [0.3, 0.4) is 0 Å². The van der Waals surface area contributed by atoms with E-state index in [9.17, 15) is 4.79 Å². The second-order valence-electron chi connectivity index (χ2n) is 5.33. The molecular weight excluding hydrogens is 252 g/mol. The van der Waals surface area contributed by atoms with Crippen LogP contribution in [0.15, 0.2) is 24.5 Å². The van der Waals surface area contributed by atoms with Gasteiger partial charge in [0.1, 0.15) is 5.65 Å². The van der Waals surface area contributed by atoms with E-state index in [0.717, 1.165) is 42.5 Å². The molecule has 1 amide bonds. The van der Waals surface area contributed by atoms with Crippen LogP contribution >= 0.6 is 0 Å². The van der Waals surface area contributed by atoms with Crippen molar-refractivity contribution in [1.29, 1.82) is 0 Å². The van der Waals surface area contributed by atoms with E-state index < -0.39 is 0 Å². The lowest BCUT2D eigenvalue weighted by Gasteiger charge is -2.24. The monoisotopic (exact) mass is 272 g/mol. The number of aromatic amines is 1. The number of carbonyl (C=O) groups excluding carboxylic acids is 1. The van der Waals surface area contributed by atoms with Crippen molar-refractivity contribution in [3.8, 4) is 0 Å². The second-order valence-corrected chi connectivity index (χ2v) is 5.33. The summed E-state index contributed by atoms with van der Waals surface area (Å²) >= 11 is 0. The molecule has 5 nitrogen and oxygen atoms in total. The summed E-state index contributed by atoms with van der Waals surface area (Å²) in [5.41, 5.74) is 1.89. The van der Waals surface area contributed by atoms with Crippen molar-refractivity contribution in [3.05, 3.63) is 30.1 Å². The van der Waals surface area contributed by atoms with Gasteiger partial charge in [-0.3, -0.25) is 4.79 Å². The Hall–Kier alpha value is -1.88. The van der Waals surface area contributed by atoms with Gasteiger partial charge >= 0.3 is 0 Å². The highest BCUT2D eigenvalue weighted by Gasteiger charge is 2.28.